The number of nitrogens with one attached hydrogen (secondary N) is 2. The molecular weight excluding hydrogens is 500 g/mol. The highest BCUT2D eigenvalue weighted by Crippen LogP contribution is 2.28. The smallest absolute Gasteiger partial charge is 0.306 e. The lowest BCUT2D eigenvalue weighted by atomic mass is 9.87. The van der Waals surface area contributed by atoms with Crippen molar-refractivity contribution in [1.82, 2.24) is 10.6 Å². The highest BCUT2D eigenvalue weighted by molar-refractivity contribution is 5.95. The largest absolute Gasteiger partial charge is 0.497 e. The Hall–Kier alpha value is -4.53. The van der Waals surface area contributed by atoms with Crippen molar-refractivity contribution in [1.29, 1.82) is 0 Å². The predicted molar refractivity (Wildman–Crippen MR) is 145 cm³/mol. The van der Waals surface area contributed by atoms with Gasteiger partial charge in [0.25, 0.3) is 11.8 Å². The van der Waals surface area contributed by atoms with E-state index in [1.807, 2.05) is 18.2 Å². The number of aliphatic carboxylic acids is 1. The van der Waals surface area contributed by atoms with Crippen LogP contribution in [-0.4, -0.2) is 49.2 Å². The van der Waals surface area contributed by atoms with Crippen LogP contribution in [0.4, 0.5) is 0 Å². The van der Waals surface area contributed by atoms with Crippen molar-refractivity contribution < 1.29 is 33.7 Å². The van der Waals surface area contributed by atoms with E-state index in [1.54, 1.807) is 61.7 Å². The summed E-state index contributed by atoms with van der Waals surface area (Å²) in [4.78, 5) is 36.0. The molecule has 39 heavy (non-hydrogen) atoms. The van der Waals surface area contributed by atoms with Gasteiger partial charge in [0, 0.05) is 30.3 Å². The zero-order valence-electron chi connectivity index (χ0n) is 21.7. The van der Waals surface area contributed by atoms with E-state index in [9.17, 15) is 14.4 Å². The molecule has 0 aromatic heterocycles. The van der Waals surface area contributed by atoms with Gasteiger partial charge in [-0.05, 0) is 86.3 Å². The number of ether oxygens (including phenoxy) is 3. The fourth-order valence-electron chi connectivity index (χ4n) is 4.34. The van der Waals surface area contributed by atoms with Crippen LogP contribution in [0.5, 0.6) is 23.0 Å². The molecule has 3 aromatic carbocycles. The van der Waals surface area contributed by atoms with Crippen molar-refractivity contribution in [3.63, 3.8) is 0 Å². The topological polar surface area (TPSA) is 123 Å². The lowest BCUT2D eigenvalue weighted by Crippen LogP contribution is -2.34. The number of carbonyl (C=O) groups excluding carboxylic acids is 2. The number of carboxylic acids is 1. The zero-order valence-corrected chi connectivity index (χ0v) is 21.7. The molecule has 0 heterocycles. The molecule has 0 aliphatic heterocycles. The van der Waals surface area contributed by atoms with Crippen molar-refractivity contribution in [2.75, 3.05) is 20.2 Å². The second-order valence-corrected chi connectivity index (χ2v) is 9.27. The van der Waals surface area contributed by atoms with Gasteiger partial charge in [0.2, 0.25) is 0 Å². The predicted octanol–water partition coefficient (Wildman–Crippen LogP) is 4.67. The Labute approximate surface area is 227 Å². The Balaban J connectivity index is 1.16. The van der Waals surface area contributed by atoms with Crippen LogP contribution in [0.2, 0.25) is 0 Å². The monoisotopic (exact) mass is 532 g/mol. The van der Waals surface area contributed by atoms with Crippen LogP contribution in [0.3, 0.4) is 0 Å². The van der Waals surface area contributed by atoms with Crippen LogP contribution < -0.4 is 24.8 Å². The average Bonchev–Trinajstić information content (AvgIpc) is 2.96. The molecule has 0 spiro atoms. The SMILES string of the molecule is COc1cccc(Oc2ccc(C(=O)NCCNC(=O)c3ccc(OC4CCC(C(=O)O)CC4)cc3)cc2)c1. The molecule has 0 atom stereocenters. The van der Waals surface area contributed by atoms with E-state index in [1.165, 1.54) is 0 Å². The quantitative estimate of drug-likeness (QED) is 0.307. The summed E-state index contributed by atoms with van der Waals surface area (Å²) in [5, 5.41) is 14.7. The maximum Gasteiger partial charge on any atom is 0.306 e. The van der Waals surface area contributed by atoms with E-state index >= 15 is 0 Å². The molecule has 1 fully saturated rings. The Morgan fingerprint density at radius 2 is 1.28 bits per heavy atom. The van der Waals surface area contributed by atoms with Gasteiger partial charge in [0.15, 0.2) is 0 Å². The molecular formula is C30H32N2O7. The fraction of sp³-hybridized carbons (Fsp3) is 0.300. The van der Waals surface area contributed by atoms with Gasteiger partial charge in [-0.25, -0.2) is 0 Å². The second kappa shape index (κ2) is 13.3. The van der Waals surface area contributed by atoms with Crippen LogP contribution in [0.15, 0.2) is 72.8 Å². The van der Waals surface area contributed by atoms with E-state index in [-0.39, 0.29) is 36.9 Å². The standard InChI is InChI=1S/C30H32N2O7/c1-37-26-3-2-4-27(19-26)39-25-13-7-21(8-14-25)29(34)32-18-17-31-28(33)20-5-11-23(12-6-20)38-24-15-9-22(10-16-24)30(35)36/h2-8,11-14,19,22,24H,9-10,15-18H2,1H3,(H,31,33)(H,32,34)(H,35,36). The second-order valence-electron chi connectivity index (χ2n) is 9.27. The van der Waals surface area contributed by atoms with Crippen molar-refractivity contribution >= 4 is 17.8 Å². The molecule has 0 saturated heterocycles. The maximum atomic E-state index is 12.4. The van der Waals surface area contributed by atoms with Crippen LogP contribution in [-0.2, 0) is 4.79 Å². The maximum absolute atomic E-state index is 12.4. The third kappa shape index (κ3) is 7.98. The van der Waals surface area contributed by atoms with Gasteiger partial charge in [0.05, 0.1) is 19.1 Å². The number of rotatable bonds is 11. The fourth-order valence-corrected chi connectivity index (χ4v) is 4.34. The van der Waals surface area contributed by atoms with Gasteiger partial charge >= 0.3 is 5.97 Å². The van der Waals surface area contributed by atoms with Crippen LogP contribution in [0.1, 0.15) is 46.4 Å². The van der Waals surface area contributed by atoms with Gasteiger partial charge < -0.3 is 30.0 Å². The van der Waals surface area contributed by atoms with E-state index in [2.05, 4.69) is 10.6 Å². The number of hydrogen-bond donors (Lipinski definition) is 3. The summed E-state index contributed by atoms with van der Waals surface area (Å²) in [5.74, 6) is 1.03. The van der Waals surface area contributed by atoms with Crippen molar-refractivity contribution in [2.24, 2.45) is 5.92 Å². The lowest BCUT2D eigenvalue weighted by molar-refractivity contribution is -0.143. The van der Waals surface area contributed by atoms with Crippen molar-refractivity contribution in [2.45, 2.75) is 31.8 Å². The molecule has 0 radical (unpaired) electrons. The van der Waals surface area contributed by atoms with E-state index < -0.39 is 5.97 Å². The highest BCUT2D eigenvalue weighted by atomic mass is 16.5. The molecule has 204 valence electrons. The Morgan fingerprint density at radius 3 is 1.82 bits per heavy atom. The molecule has 3 aromatic rings. The van der Waals surface area contributed by atoms with Crippen LogP contribution in [0, 0.1) is 5.92 Å². The molecule has 1 aliphatic rings. The van der Waals surface area contributed by atoms with Gasteiger partial charge in [-0.15, -0.1) is 0 Å². The molecule has 0 bridgehead atoms. The number of carbonyl (C=O) groups is 3. The highest BCUT2D eigenvalue weighted by Gasteiger charge is 2.26. The van der Waals surface area contributed by atoms with Crippen molar-refractivity contribution in [3.8, 4) is 23.0 Å². The van der Waals surface area contributed by atoms with E-state index in [4.69, 9.17) is 19.3 Å². The molecule has 3 N–H and O–H groups in total. The van der Waals surface area contributed by atoms with Gasteiger partial charge in [0.1, 0.15) is 23.0 Å². The molecule has 1 aliphatic carbocycles. The van der Waals surface area contributed by atoms with Crippen LogP contribution in [0.25, 0.3) is 0 Å². The Morgan fingerprint density at radius 1 is 0.744 bits per heavy atom. The lowest BCUT2D eigenvalue weighted by Gasteiger charge is -2.26. The number of hydrogen-bond acceptors (Lipinski definition) is 6. The first-order valence-electron chi connectivity index (χ1n) is 12.9. The number of amides is 2. The van der Waals surface area contributed by atoms with Gasteiger partial charge in [-0.2, -0.15) is 0 Å². The molecule has 9 nitrogen and oxygen atoms in total. The summed E-state index contributed by atoms with van der Waals surface area (Å²) < 4.78 is 16.9. The number of benzene rings is 3. The minimum atomic E-state index is -0.742. The Bertz CT molecular complexity index is 1270. The summed E-state index contributed by atoms with van der Waals surface area (Å²) in [6.45, 7) is 0.541. The first-order valence-corrected chi connectivity index (χ1v) is 12.9. The minimum absolute atomic E-state index is 0.0133. The van der Waals surface area contributed by atoms with Crippen molar-refractivity contribution in [3.05, 3.63) is 83.9 Å². The third-order valence-corrected chi connectivity index (χ3v) is 6.53. The first-order chi connectivity index (χ1) is 18.9. The number of methoxy groups -OCH3 is 1. The minimum Gasteiger partial charge on any atom is -0.497 e. The van der Waals surface area contributed by atoms with Gasteiger partial charge in [-0.3, -0.25) is 14.4 Å². The molecule has 0 unspecified atom stereocenters. The molecule has 4 rings (SSSR count). The number of carboxylic acid groups (broad SMARTS) is 1. The normalized spacial score (nSPS) is 16.5. The summed E-state index contributed by atoms with van der Waals surface area (Å²) in [6.07, 6.45) is 2.61. The van der Waals surface area contributed by atoms with Crippen LogP contribution >= 0.6 is 0 Å². The molecule has 9 heteroatoms. The van der Waals surface area contributed by atoms with E-state index in [0.717, 1.165) is 0 Å². The third-order valence-electron chi connectivity index (χ3n) is 6.53. The summed E-state index contributed by atoms with van der Waals surface area (Å²) in [6, 6.07) is 20.9. The first kappa shape index (κ1) is 27.5. The summed E-state index contributed by atoms with van der Waals surface area (Å²) in [5.41, 5.74) is 0.959. The summed E-state index contributed by atoms with van der Waals surface area (Å²) in [7, 11) is 1.59. The molecule has 2 amide bonds. The summed E-state index contributed by atoms with van der Waals surface area (Å²) >= 11 is 0. The average molecular weight is 533 g/mol. The zero-order chi connectivity index (χ0) is 27.6. The molecule has 1 saturated carbocycles. The van der Waals surface area contributed by atoms with Gasteiger partial charge in [-0.1, -0.05) is 6.07 Å². The Kier molecular flexibility index (Phi) is 9.39. The van der Waals surface area contributed by atoms with E-state index in [0.29, 0.717) is 59.8 Å².